The van der Waals surface area contributed by atoms with Crippen molar-refractivity contribution in [2.75, 3.05) is 19.6 Å². The lowest BCUT2D eigenvalue weighted by Gasteiger charge is -2.27. The summed E-state index contributed by atoms with van der Waals surface area (Å²) in [5.41, 5.74) is 6.83. The summed E-state index contributed by atoms with van der Waals surface area (Å²) in [5, 5.41) is 0. The van der Waals surface area contributed by atoms with E-state index < -0.39 is 6.18 Å². The molecule has 0 radical (unpaired) electrons. The maximum atomic E-state index is 12.5. The molecule has 0 spiro atoms. The minimum Gasteiger partial charge on any atom is -0.324 e. The van der Waals surface area contributed by atoms with Crippen LogP contribution in [-0.2, 0) is 0 Å². The Labute approximate surface area is 123 Å². The predicted octanol–water partition coefficient (Wildman–Crippen LogP) is 3.66. The smallest absolute Gasteiger partial charge is 0.324 e. The number of rotatable bonds is 5. The quantitative estimate of drug-likeness (QED) is 0.841. The second-order valence-corrected chi connectivity index (χ2v) is 5.44. The van der Waals surface area contributed by atoms with Gasteiger partial charge in [0.25, 0.3) is 0 Å². The van der Waals surface area contributed by atoms with E-state index in [1.807, 2.05) is 35.2 Å². The second-order valence-electron chi connectivity index (χ2n) is 5.44. The zero-order chi connectivity index (χ0) is 15.3. The van der Waals surface area contributed by atoms with Crippen molar-refractivity contribution >= 4 is 0 Å². The Morgan fingerprint density at radius 1 is 1.19 bits per heavy atom. The third kappa shape index (κ3) is 4.86. The Balaban J connectivity index is 1.72. The molecule has 116 valence electrons. The van der Waals surface area contributed by atoms with Crippen LogP contribution in [0.2, 0.25) is 0 Å². The van der Waals surface area contributed by atoms with Gasteiger partial charge in [0.15, 0.2) is 0 Å². The molecule has 2 N–H and O–H groups in total. The number of hydrogen-bond donors (Lipinski definition) is 1. The van der Waals surface area contributed by atoms with Crippen molar-refractivity contribution < 1.29 is 13.2 Å². The summed E-state index contributed by atoms with van der Waals surface area (Å²) in [6, 6.07) is 9.88. The Bertz CT molecular complexity index is 468. The van der Waals surface area contributed by atoms with Gasteiger partial charge < -0.3 is 5.73 Å². The molecule has 1 unspecified atom stereocenters. The van der Waals surface area contributed by atoms with E-state index in [2.05, 4.69) is 0 Å². The highest BCUT2D eigenvalue weighted by atomic mass is 19.4. The van der Waals surface area contributed by atoms with Gasteiger partial charge in [0, 0.05) is 24.7 Å². The molecular weight excluding hydrogens is 277 g/mol. The lowest BCUT2D eigenvalue weighted by molar-refractivity contribution is -0.0960. The van der Waals surface area contributed by atoms with Gasteiger partial charge in [0.2, 0.25) is 0 Å². The van der Waals surface area contributed by atoms with E-state index in [0.717, 1.165) is 24.9 Å². The van der Waals surface area contributed by atoms with Gasteiger partial charge in [0.1, 0.15) is 0 Å². The molecule has 0 bridgehead atoms. The van der Waals surface area contributed by atoms with E-state index in [9.17, 15) is 13.2 Å². The van der Waals surface area contributed by atoms with Gasteiger partial charge in [-0.25, -0.2) is 0 Å². The molecule has 1 aromatic carbocycles. The SMILES string of the molecule is NC(CCCN1CC=C(C(F)(F)F)CC1)c1ccccc1. The molecule has 1 heterocycles. The zero-order valence-electron chi connectivity index (χ0n) is 11.9. The highest BCUT2D eigenvalue weighted by molar-refractivity contribution is 5.18. The molecule has 1 aliphatic rings. The second kappa shape index (κ2) is 7.09. The number of benzene rings is 1. The number of alkyl halides is 3. The van der Waals surface area contributed by atoms with Gasteiger partial charge in [0.05, 0.1) is 0 Å². The molecule has 2 rings (SSSR count). The van der Waals surface area contributed by atoms with Crippen LogP contribution < -0.4 is 5.73 Å². The summed E-state index contributed by atoms with van der Waals surface area (Å²) < 4.78 is 37.5. The first-order valence-electron chi connectivity index (χ1n) is 7.26. The summed E-state index contributed by atoms with van der Waals surface area (Å²) in [4.78, 5) is 2.05. The van der Waals surface area contributed by atoms with Crippen LogP contribution in [0, 0.1) is 0 Å². The van der Waals surface area contributed by atoms with Crippen LogP contribution in [0.25, 0.3) is 0 Å². The van der Waals surface area contributed by atoms with Crippen molar-refractivity contribution in [3.05, 3.63) is 47.5 Å². The standard InChI is InChI=1S/C16H21F3N2/c17-16(18,19)14-8-11-21(12-9-14)10-4-7-15(20)13-5-2-1-3-6-13/h1-3,5-6,8,15H,4,7,9-12,20H2. The molecule has 0 amide bonds. The van der Waals surface area contributed by atoms with E-state index >= 15 is 0 Å². The summed E-state index contributed by atoms with van der Waals surface area (Å²) in [6.45, 7) is 1.66. The average Bonchev–Trinajstić information content (AvgIpc) is 2.47. The Hall–Kier alpha value is -1.33. The monoisotopic (exact) mass is 298 g/mol. The number of nitrogens with zero attached hydrogens (tertiary/aromatic N) is 1. The van der Waals surface area contributed by atoms with E-state index in [-0.39, 0.29) is 18.0 Å². The molecule has 1 aliphatic heterocycles. The molecule has 0 aliphatic carbocycles. The van der Waals surface area contributed by atoms with Gasteiger partial charge in [-0.1, -0.05) is 36.4 Å². The minimum atomic E-state index is -4.16. The normalized spacial score (nSPS) is 18.4. The van der Waals surface area contributed by atoms with Crippen molar-refractivity contribution in [3.63, 3.8) is 0 Å². The molecule has 0 saturated heterocycles. The number of nitrogens with two attached hydrogens (primary N) is 1. The lowest BCUT2D eigenvalue weighted by Crippen LogP contribution is -2.33. The first-order valence-corrected chi connectivity index (χ1v) is 7.26. The zero-order valence-corrected chi connectivity index (χ0v) is 11.9. The largest absolute Gasteiger partial charge is 0.412 e. The third-order valence-electron chi connectivity index (χ3n) is 3.87. The van der Waals surface area contributed by atoms with Crippen LogP contribution in [0.1, 0.15) is 30.9 Å². The fourth-order valence-corrected chi connectivity index (χ4v) is 2.57. The number of hydrogen-bond acceptors (Lipinski definition) is 2. The summed E-state index contributed by atoms with van der Waals surface area (Å²) in [6.07, 6.45) is -1.03. The molecule has 0 fully saturated rings. The topological polar surface area (TPSA) is 29.3 Å². The van der Waals surface area contributed by atoms with Crippen LogP contribution in [0.5, 0.6) is 0 Å². The molecule has 5 heteroatoms. The maximum Gasteiger partial charge on any atom is 0.412 e. The predicted molar refractivity (Wildman–Crippen MR) is 77.8 cm³/mol. The molecular formula is C16H21F3N2. The maximum absolute atomic E-state index is 12.5. The highest BCUT2D eigenvalue weighted by Crippen LogP contribution is 2.30. The van der Waals surface area contributed by atoms with Gasteiger partial charge in [-0.15, -0.1) is 0 Å². The van der Waals surface area contributed by atoms with Crippen LogP contribution >= 0.6 is 0 Å². The van der Waals surface area contributed by atoms with Crippen LogP contribution in [0.3, 0.4) is 0 Å². The lowest BCUT2D eigenvalue weighted by atomic mass is 10.0. The van der Waals surface area contributed by atoms with E-state index in [0.29, 0.717) is 13.1 Å². The van der Waals surface area contributed by atoms with E-state index in [4.69, 9.17) is 5.73 Å². The summed E-state index contributed by atoms with van der Waals surface area (Å²) >= 11 is 0. The molecule has 1 aromatic rings. The average molecular weight is 298 g/mol. The summed E-state index contributed by atoms with van der Waals surface area (Å²) in [5.74, 6) is 0. The van der Waals surface area contributed by atoms with Crippen LogP contribution in [-0.4, -0.2) is 30.7 Å². The van der Waals surface area contributed by atoms with Gasteiger partial charge in [-0.2, -0.15) is 13.2 Å². The molecule has 0 aromatic heterocycles. The van der Waals surface area contributed by atoms with Gasteiger partial charge in [-0.05, 0) is 31.4 Å². The van der Waals surface area contributed by atoms with Crippen LogP contribution in [0.4, 0.5) is 13.2 Å². The van der Waals surface area contributed by atoms with E-state index in [1.54, 1.807) is 0 Å². The first-order chi connectivity index (χ1) is 9.97. The Kier molecular flexibility index (Phi) is 5.42. The highest BCUT2D eigenvalue weighted by Gasteiger charge is 2.34. The molecule has 0 saturated carbocycles. The van der Waals surface area contributed by atoms with Crippen LogP contribution in [0.15, 0.2) is 42.0 Å². The van der Waals surface area contributed by atoms with Gasteiger partial charge >= 0.3 is 6.18 Å². The fourth-order valence-electron chi connectivity index (χ4n) is 2.57. The first kappa shape index (κ1) is 16.0. The Morgan fingerprint density at radius 3 is 2.48 bits per heavy atom. The Morgan fingerprint density at radius 2 is 1.90 bits per heavy atom. The van der Waals surface area contributed by atoms with Crippen molar-refractivity contribution in [3.8, 4) is 0 Å². The van der Waals surface area contributed by atoms with Crippen molar-refractivity contribution in [1.29, 1.82) is 0 Å². The van der Waals surface area contributed by atoms with Gasteiger partial charge in [-0.3, -0.25) is 4.90 Å². The molecule has 21 heavy (non-hydrogen) atoms. The third-order valence-corrected chi connectivity index (χ3v) is 3.87. The molecule has 1 atom stereocenters. The van der Waals surface area contributed by atoms with Crippen molar-refractivity contribution in [2.45, 2.75) is 31.5 Å². The van der Waals surface area contributed by atoms with E-state index in [1.165, 1.54) is 6.08 Å². The fraction of sp³-hybridized carbons (Fsp3) is 0.500. The van der Waals surface area contributed by atoms with Crippen molar-refractivity contribution in [1.82, 2.24) is 4.90 Å². The van der Waals surface area contributed by atoms with Crippen molar-refractivity contribution in [2.24, 2.45) is 5.73 Å². The molecule has 2 nitrogen and oxygen atoms in total. The number of halogens is 3. The summed E-state index contributed by atoms with van der Waals surface area (Å²) in [7, 11) is 0. The minimum absolute atomic E-state index is 0.00253.